The molecule has 0 atom stereocenters. The molecule has 0 unspecified atom stereocenters. The Balaban J connectivity index is 1.83. The molecule has 0 spiro atoms. The van der Waals surface area contributed by atoms with Crippen LogP contribution in [0.3, 0.4) is 0 Å². The number of methoxy groups -OCH3 is 1. The zero-order valence-corrected chi connectivity index (χ0v) is 16.7. The van der Waals surface area contributed by atoms with Gasteiger partial charge < -0.3 is 20.5 Å². The number of rotatable bonds is 10. The Morgan fingerprint density at radius 3 is 2.32 bits per heavy atom. The van der Waals surface area contributed by atoms with E-state index in [1.165, 1.54) is 12.7 Å². The standard InChI is InChI=1S/C22H28N2O4/c1-15(2)18-8-4-16(5-9-18)7-11-22(26)24-13-17-6-10-19(20(12-17)27-3)28-14-21(23)25/h4-6,8-10,12,15H,7,11,13-14H2,1-3H3,(H2,23,25)(H,24,26). The highest BCUT2D eigenvalue weighted by Gasteiger charge is 2.09. The third-order valence-corrected chi connectivity index (χ3v) is 4.37. The highest BCUT2D eigenvalue weighted by molar-refractivity contribution is 5.76. The second-order valence-electron chi connectivity index (χ2n) is 6.91. The average molecular weight is 384 g/mol. The minimum atomic E-state index is -0.558. The van der Waals surface area contributed by atoms with Crippen LogP contribution in [0.5, 0.6) is 11.5 Å². The van der Waals surface area contributed by atoms with Gasteiger partial charge in [-0.25, -0.2) is 0 Å². The van der Waals surface area contributed by atoms with E-state index in [-0.39, 0.29) is 12.5 Å². The zero-order chi connectivity index (χ0) is 20.5. The van der Waals surface area contributed by atoms with Gasteiger partial charge in [0.05, 0.1) is 7.11 Å². The van der Waals surface area contributed by atoms with Crippen molar-refractivity contribution in [3.8, 4) is 11.5 Å². The molecule has 150 valence electrons. The summed E-state index contributed by atoms with van der Waals surface area (Å²) in [5, 5.41) is 2.91. The van der Waals surface area contributed by atoms with Gasteiger partial charge in [0.2, 0.25) is 5.91 Å². The number of aryl methyl sites for hydroxylation is 1. The number of benzene rings is 2. The lowest BCUT2D eigenvalue weighted by Gasteiger charge is -2.12. The molecule has 0 fully saturated rings. The third-order valence-electron chi connectivity index (χ3n) is 4.37. The summed E-state index contributed by atoms with van der Waals surface area (Å²) in [4.78, 5) is 23.0. The molecule has 0 saturated carbocycles. The second kappa shape index (κ2) is 10.3. The van der Waals surface area contributed by atoms with Gasteiger partial charge in [0.15, 0.2) is 18.1 Å². The number of nitrogens with one attached hydrogen (secondary N) is 1. The number of nitrogens with two attached hydrogens (primary N) is 1. The van der Waals surface area contributed by atoms with E-state index >= 15 is 0 Å². The Hall–Kier alpha value is -3.02. The van der Waals surface area contributed by atoms with E-state index in [0.29, 0.717) is 36.8 Å². The molecule has 0 aromatic heterocycles. The Labute approximate surface area is 166 Å². The molecule has 3 N–H and O–H groups in total. The third kappa shape index (κ3) is 6.61. The van der Waals surface area contributed by atoms with Crippen LogP contribution in [0.15, 0.2) is 42.5 Å². The second-order valence-corrected chi connectivity index (χ2v) is 6.91. The lowest BCUT2D eigenvalue weighted by atomic mass is 10.0. The Morgan fingerprint density at radius 2 is 1.71 bits per heavy atom. The first-order valence-electron chi connectivity index (χ1n) is 9.32. The van der Waals surface area contributed by atoms with Gasteiger partial charge in [0.1, 0.15) is 0 Å². The molecule has 2 amide bonds. The van der Waals surface area contributed by atoms with Gasteiger partial charge in [-0.2, -0.15) is 0 Å². The maximum atomic E-state index is 12.1. The van der Waals surface area contributed by atoms with Crippen LogP contribution in [0.25, 0.3) is 0 Å². The molecule has 0 aliphatic carbocycles. The monoisotopic (exact) mass is 384 g/mol. The maximum Gasteiger partial charge on any atom is 0.255 e. The summed E-state index contributed by atoms with van der Waals surface area (Å²) in [5.74, 6) is 0.847. The molecule has 0 aliphatic heterocycles. The van der Waals surface area contributed by atoms with E-state index in [4.69, 9.17) is 15.2 Å². The molecule has 0 bridgehead atoms. The van der Waals surface area contributed by atoms with E-state index in [9.17, 15) is 9.59 Å². The molecule has 0 aliphatic rings. The molecule has 2 rings (SSSR count). The van der Waals surface area contributed by atoms with Gasteiger partial charge in [0, 0.05) is 13.0 Å². The smallest absolute Gasteiger partial charge is 0.255 e. The van der Waals surface area contributed by atoms with Crippen molar-refractivity contribution in [1.82, 2.24) is 5.32 Å². The van der Waals surface area contributed by atoms with E-state index in [1.807, 2.05) is 6.07 Å². The zero-order valence-electron chi connectivity index (χ0n) is 16.7. The minimum absolute atomic E-state index is 0.0130. The van der Waals surface area contributed by atoms with Gasteiger partial charge in [-0.1, -0.05) is 44.2 Å². The van der Waals surface area contributed by atoms with Crippen LogP contribution >= 0.6 is 0 Å². The predicted molar refractivity (Wildman–Crippen MR) is 108 cm³/mol. The molecule has 0 saturated heterocycles. The molecule has 28 heavy (non-hydrogen) atoms. The summed E-state index contributed by atoms with van der Waals surface area (Å²) in [6, 6.07) is 13.7. The molecule has 6 heteroatoms. The summed E-state index contributed by atoms with van der Waals surface area (Å²) < 4.78 is 10.6. The SMILES string of the molecule is COc1cc(CNC(=O)CCc2ccc(C(C)C)cc2)ccc1OCC(N)=O. The largest absolute Gasteiger partial charge is 0.493 e. The quantitative estimate of drug-likeness (QED) is 0.659. The number of amides is 2. The molecule has 2 aromatic carbocycles. The number of ether oxygens (including phenoxy) is 2. The van der Waals surface area contributed by atoms with Crippen molar-refractivity contribution < 1.29 is 19.1 Å². The lowest BCUT2D eigenvalue weighted by Crippen LogP contribution is -2.23. The first kappa shape index (κ1) is 21.3. The van der Waals surface area contributed by atoms with Crippen LogP contribution in [0.2, 0.25) is 0 Å². The van der Waals surface area contributed by atoms with Crippen LogP contribution in [-0.2, 0) is 22.6 Å². The topological polar surface area (TPSA) is 90.7 Å². The van der Waals surface area contributed by atoms with E-state index in [0.717, 1.165) is 11.1 Å². The number of hydrogen-bond acceptors (Lipinski definition) is 4. The fraction of sp³-hybridized carbons (Fsp3) is 0.364. The number of carbonyl (C=O) groups is 2. The van der Waals surface area contributed by atoms with Crippen molar-refractivity contribution >= 4 is 11.8 Å². The van der Waals surface area contributed by atoms with E-state index in [2.05, 4.69) is 43.4 Å². The predicted octanol–water partition coefficient (Wildman–Crippen LogP) is 2.93. The van der Waals surface area contributed by atoms with E-state index in [1.54, 1.807) is 12.1 Å². The van der Waals surface area contributed by atoms with Crippen molar-refractivity contribution in [2.24, 2.45) is 5.73 Å². The van der Waals surface area contributed by atoms with Crippen LogP contribution in [0, 0.1) is 0 Å². The molecular formula is C22H28N2O4. The maximum absolute atomic E-state index is 12.1. The van der Waals surface area contributed by atoms with Crippen LogP contribution in [0.1, 0.15) is 42.9 Å². The van der Waals surface area contributed by atoms with Crippen molar-refractivity contribution in [2.45, 2.75) is 39.2 Å². The van der Waals surface area contributed by atoms with Crippen molar-refractivity contribution in [3.05, 3.63) is 59.2 Å². The lowest BCUT2D eigenvalue weighted by molar-refractivity contribution is -0.121. The fourth-order valence-corrected chi connectivity index (χ4v) is 2.71. The van der Waals surface area contributed by atoms with E-state index < -0.39 is 5.91 Å². The van der Waals surface area contributed by atoms with Gasteiger partial charge in [-0.15, -0.1) is 0 Å². The highest BCUT2D eigenvalue weighted by Crippen LogP contribution is 2.28. The summed E-state index contributed by atoms with van der Waals surface area (Å²) in [7, 11) is 1.51. The van der Waals surface area contributed by atoms with Gasteiger partial charge in [-0.05, 0) is 41.2 Å². The van der Waals surface area contributed by atoms with Crippen LogP contribution in [-0.4, -0.2) is 25.5 Å². The normalized spacial score (nSPS) is 10.6. The minimum Gasteiger partial charge on any atom is -0.493 e. The summed E-state index contributed by atoms with van der Waals surface area (Å²) >= 11 is 0. The van der Waals surface area contributed by atoms with Crippen molar-refractivity contribution in [3.63, 3.8) is 0 Å². The average Bonchev–Trinajstić information content (AvgIpc) is 2.69. The van der Waals surface area contributed by atoms with Crippen molar-refractivity contribution in [1.29, 1.82) is 0 Å². The first-order chi connectivity index (χ1) is 13.4. The van der Waals surface area contributed by atoms with Gasteiger partial charge >= 0.3 is 0 Å². The summed E-state index contributed by atoms with van der Waals surface area (Å²) in [5.41, 5.74) is 8.40. The van der Waals surface area contributed by atoms with Crippen LogP contribution < -0.4 is 20.5 Å². The first-order valence-corrected chi connectivity index (χ1v) is 9.32. The highest BCUT2D eigenvalue weighted by atomic mass is 16.5. The Kier molecular flexibility index (Phi) is 7.87. The fourth-order valence-electron chi connectivity index (χ4n) is 2.71. The molecule has 6 nitrogen and oxygen atoms in total. The summed E-state index contributed by atoms with van der Waals surface area (Å²) in [6.45, 7) is 4.49. The molecule has 0 radical (unpaired) electrons. The van der Waals surface area contributed by atoms with Gasteiger partial charge in [0.25, 0.3) is 5.91 Å². The number of hydrogen-bond donors (Lipinski definition) is 2. The van der Waals surface area contributed by atoms with Crippen LogP contribution in [0.4, 0.5) is 0 Å². The number of primary amides is 1. The van der Waals surface area contributed by atoms with Gasteiger partial charge in [-0.3, -0.25) is 9.59 Å². The summed E-state index contributed by atoms with van der Waals surface area (Å²) in [6.07, 6.45) is 1.13. The Bertz CT molecular complexity index is 801. The molecule has 2 aromatic rings. The van der Waals surface area contributed by atoms with Crippen molar-refractivity contribution in [2.75, 3.05) is 13.7 Å². The number of carbonyl (C=O) groups excluding carboxylic acids is 2. The Morgan fingerprint density at radius 1 is 1.04 bits per heavy atom. The molecular weight excluding hydrogens is 356 g/mol. The molecule has 0 heterocycles.